The van der Waals surface area contributed by atoms with Crippen LogP contribution in [0.3, 0.4) is 0 Å². The lowest BCUT2D eigenvalue weighted by molar-refractivity contribution is 0.555. The van der Waals surface area contributed by atoms with Gasteiger partial charge in [-0.1, -0.05) is 24.3 Å². The first-order valence-electron chi connectivity index (χ1n) is 5.62. The number of hydrogen-bond donors (Lipinski definition) is 0. The van der Waals surface area contributed by atoms with Gasteiger partial charge < -0.3 is 0 Å². The molecule has 16 heavy (non-hydrogen) atoms. The van der Waals surface area contributed by atoms with Crippen LogP contribution in [0, 0.1) is 0 Å². The molecule has 0 bridgehead atoms. The highest BCUT2D eigenvalue weighted by atomic mass is 32.2. The molecule has 2 nitrogen and oxygen atoms in total. The molecule has 0 radical (unpaired) electrons. The number of aliphatic imine (C=N–C) groups is 1. The van der Waals surface area contributed by atoms with Crippen molar-refractivity contribution in [2.45, 2.75) is 24.3 Å². The lowest BCUT2D eigenvalue weighted by atomic mass is 9.91. The molecule has 0 unspecified atom stereocenters. The Bertz CT molecular complexity index is 457. The van der Waals surface area contributed by atoms with Crippen molar-refractivity contribution in [3.8, 4) is 0 Å². The van der Waals surface area contributed by atoms with Crippen LogP contribution < -0.4 is 0 Å². The minimum Gasteiger partial charge on any atom is -0.211 e. The summed E-state index contributed by atoms with van der Waals surface area (Å²) < 4.78 is 0. The Labute approximate surface area is 99.2 Å². The molecule has 0 atom stereocenters. The van der Waals surface area contributed by atoms with Gasteiger partial charge in [0.1, 0.15) is 0 Å². The van der Waals surface area contributed by atoms with Crippen LogP contribution in [-0.4, -0.2) is 17.6 Å². The zero-order valence-corrected chi connectivity index (χ0v) is 9.80. The summed E-state index contributed by atoms with van der Waals surface area (Å²) >= 11 is 1.99. The van der Waals surface area contributed by atoms with Crippen LogP contribution in [0.1, 0.15) is 29.9 Å². The average molecular weight is 231 g/mol. The summed E-state index contributed by atoms with van der Waals surface area (Å²) in [5.74, 6) is 3.08. The highest BCUT2D eigenvalue weighted by Crippen LogP contribution is 2.52. The summed E-state index contributed by atoms with van der Waals surface area (Å²) in [6, 6.07) is 8.46. The second-order valence-electron chi connectivity index (χ2n) is 4.56. The van der Waals surface area contributed by atoms with Gasteiger partial charge in [0.15, 0.2) is 0 Å². The molecule has 1 saturated carbocycles. The number of carbonyl (C=O) groups excluding carboxylic acids is 1. The van der Waals surface area contributed by atoms with Crippen molar-refractivity contribution in [2.75, 3.05) is 11.5 Å². The molecular weight excluding hydrogens is 218 g/mol. The molecule has 1 aliphatic carbocycles. The number of rotatable bonds is 3. The van der Waals surface area contributed by atoms with Crippen molar-refractivity contribution in [1.82, 2.24) is 0 Å². The smallest absolute Gasteiger partial charge is 0.211 e. The van der Waals surface area contributed by atoms with Gasteiger partial charge in [0.05, 0.1) is 5.54 Å². The van der Waals surface area contributed by atoms with Crippen LogP contribution in [0.4, 0.5) is 0 Å². The van der Waals surface area contributed by atoms with Gasteiger partial charge in [0.2, 0.25) is 6.08 Å². The van der Waals surface area contributed by atoms with Crippen LogP contribution in [-0.2, 0) is 10.3 Å². The van der Waals surface area contributed by atoms with Gasteiger partial charge >= 0.3 is 0 Å². The van der Waals surface area contributed by atoms with Crippen molar-refractivity contribution in [2.24, 2.45) is 4.99 Å². The molecule has 1 saturated heterocycles. The van der Waals surface area contributed by atoms with Crippen molar-refractivity contribution in [1.29, 1.82) is 0 Å². The van der Waals surface area contributed by atoms with E-state index in [1.165, 1.54) is 22.6 Å². The van der Waals surface area contributed by atoms with Gasteiger partial charge in [0.25, 0.3) is 0 Å². The Morgan fingerprint density at radius 1 is 1.31 bits per heavy atom. The van der Waals surface area contributed by atoms with Gasteiger partial charge in [-0.15, -0.1) is 0 Å². The molecule has 0 N–H and O–H groups in total. The Balaban J connectivity index is 2.02. The molecule has 1 heterocycles. The van der Waals surface area contributed by atoms with Crippen molar-refractivity contribution < 1.29 is 4.79 Å². The summed E-state index contributed by atoms with van der Waals surface area (Å²) in [4.78, 5) is 14.5. The number of thioether (sulfide) groups is 1. The Morgan fingerprint density at radius 2 is 2.06 bits per heavy atom. The normalized spacial score (nSPS) is 22.0. The van der Waals surface area contributed by atoms with E-state index in [1.807, 2.05) is 17.8 Å². The molecule has 3 rings (SSSR count). The number of benzene rings is 1. The first kappa shape index (κ1) is 10.1. The van der Waals surface area contributed by atoms with E-state index < -0.39 is 0 Å². The predicted molar refractivity (Wildman–Crippen MR) is 65.5 cm³/mol. The maximum Gasteiger partial charge on any atom is 0.235 e. The van der Waals surface area contributed by atoms with Crippen LogP contribution in [0.15, 0.2) is 29.3 Å². The quantitative estimate of drug-likeness (QED) is 0.591. The molecule has 0 amide bonds. The third kappa shape index (κ3) is 1.51. The summed E-state index contributed by atoms with van der Waals surface area (Å²) in [6.45, 7) is 0. The van der Waals surface area contributed by atoms with Crippen molar-refractivity contribution in [3.05, 3.63) is 35.4 Å². The lowest BCUT2D eigenvalue weighted by Crippen LogP contribution is -2.19. The largest absolute Gasteiger partial charge is 0.235 e. The molecule has 0 spiro atoms. The highest BCUT2D eigenvalue weighted by molar-refractivity contribution is 8.00. The van der Waals surface area contributed by atoms with Gasteiger partial charge in [-0.2, -0.15) is 16.8 Å². The summed E-state index contributed by atoms with van der Waals surface area (Å²) in [5.41, 5.74) is 2.46. The molecule has 82 valence electrons. The Hall–Kier alpha value is -1.05. The predicted octanol–water partition coefficient (Wildman–Crippen LogP) is 2.84. The van der Waals surface area contributed by atoms with Crippen LogP contribution in [0.2, 0.25) is 0 Å². The second kappa shape index (κ2) is 3.76. The molecule has 1 aliphatic heterocycles. The highest BCUT2D eigenvalue weighted by Gasteiger charge is 2.47. The topological polar surface area (TPSA) is 29.4 Å². The Kier molecular flexibility index (Phi) is 2.38. The fourth-order valence-electron chi connectivity index (χ4n) is 2.34. The molecule has 2 fully saturated rings. The fraction of sp³-hybridized carbons (Fsp3) is 0.462. The van der Waals surface area contributed by atoms with E-state index in [0.29, 0.717) is 5.92 Å². The van der Waals surface area contributed by atoms with E-state index >= 15 is 0 Å². The number of isocyanates is 1. The number of nitrogens with zero attached hydrogens (tertiary/aromatic N) is 1. The van der Waals surface area contributed by atoms with Crippen LogP contribution in [0.25, 0.3) is 0 Å². The standard InChI is InChI=1S/C13H13NOS/c15-9-14-13(5-6-13)12-4-2-1-3-11(12)10-7-16-8-10/h1-4,10H,5-8H2. The van der Waals surface area contributed by atoms with E-state index in [0.717, 1.165) is 12.8 Å². The van der Waals surface area contributed by atoms with E-state index in [-0.39, 0.29) is 5.54 Å². The van der Waals surface area contributed by atoms with E-state index in [2.05, 4.69) is 23.2 Å². The van der Waals surface area contributed by atoms with E-state index in [4.69, 9.17) is 0 Å². The number of hydrogen-bond acceptors (Lipinski definition) is 3. The monoisotopic (exact) mass is 231 g/mol. The maximum absolute atomic E-state index is 10.5. The third-order valence-electron chi connectivity index (χ3n) is 3.52. The van der Waals surface area contributed by atoms with E-state index in [9.17, 15) is 4.79 Å². The zero-order chi connectivity index (χ0) is 11.0. The molecular formula is C13H13NOS. The van der Waals surface area contributed by atoms with Gasteiger partial charge in [0, 0.05) is 17.4 Å². The summed E-state index contributed by atoms with van der Waals surface area (Å²) in [7, 11) is 0. The van der Waals surface area contributed by atoms with Crippen LogP contribution in [0.5, 0.6) is 0 Å². The van der Waals surface area contributed by atoms with Gasteiger partial charge in [-0.05, 0) is 24.0 Å². The first-order chi connectivity index (χ1) is 7.86. The minimum atomic E-state index is -0.210. The minimum absolute atomic E-state index is 0.210. The molecule has 2 aliphatic rings. The van der Waals surface area contributed by atoms with Crippen molar-refractivity contribution >= 4 is 17.8 Å². The molecule has 3 heteroatoms. The molecule has 1 aromatic carbocycles. The fourth-order valence-corrected chi connectivity index (χ4v) is 3.17. The second-order valence-corrected chi connectivity index (χ2v) is 5.63. The summed E-state index contributed by atoms with van der Waals surface area (Å²) in [5, 5.41) is 0. The SMILES string of the molecule is O=C=NC1(c2ccccc2C2CSC2)CC1. The van der Waals surface area contributed by atoms with Gasteiger partial charge in [-0.3, -0.25) is 0 Å². The molecule has 1 aromatic rings. The van der Waals surface area contributed by atoms with Crippen molar-refractivity contribution in [3.63, 3.8) is 0 Å². The zero-order valence-electron chi connectivity index (χ0n) is 8.98. The summed E-state index contributed by atoms with van der Waals surface area (Å²) in [6.07, 6.45) is 3.74. The third-order valence-corrected chi connectivity index (χ3v) is 4.80. The first-order valence-corrected chi connectivity index (χ1v) is 6.77. The van der Waals surface area contributed by atoms with Crippen LogP contribution >= 0.6 is 11.8 Å². The lowest BCUT2D eigenvalue weighted by Gasteiger charge is -2.28. The molecule has 0 aromatic heterocycles. The van der Waals surface area contributed by atoms with E-state index in [1.54, 1.807) is 6.08 Å². The maximum atomic E-state index is 10.5. The van der Waals surface area contributed by atoms with Gasteiger partial charge in [-0.25, -0.2) is 4.79 Å². The Morgan fingerprint density at radius 3 is 2.62 bits per heavy atom. The average Bonchev–Trinajstić information content (AvgIpc) is 2.98.